The molecule has 0 aliphatic carbocycles. The molecule has 0 fully saturated rings. The van der Waals surface area contributed by atoms with Gasteiger partial charge in [0.25, 0.3) is 0 Å². The summed E-state index contributed by atoms with van der Waals surface area (Å²) >= 11 is 5.83. The first-order chi connectivity index (χ1) is 9.21. The zero-order chi connectivity index (χ0) is 15.3. The van der Waals surface area contributed by atoms with Gasteiger partial charge in [0.05, 0.1) is 5.69 Å². The maximum absolute atomic E-state index is 11.6. The van der Waals surface area contributed by atoms with Crippen LogP contribution in [0.15, 0.2) is 6.07 Å². The third kappa shape index (κ3) is 5.71. The molecule has 3 N–H and O–H groups in total. The molecule has 112 valence electrons. The van der Waals surface area contributed by atoms with Crippen LogP contribution in [0.2, 0.25) is 5.28 Å². The van der Waals surface area contributed by atoms with E-state index in [9.17, 15) is 4.79 Å². The Morgan fingerprint density at radius 3 is 2.65 bits per heavy atom. The average molecular weight is 301 g/mol. The molecule has 0 aliphatic rings. The highest BCUT2D eigenvalue weighted by molar-refractivity contribution is 6.28. The molecule has 1 aromatic rings. The van der Waals surface area contributed by atoms with Crippen molar-refractivity contribution in [3.05, 3.63) is 22.7 Å². The summed E-state index contributed by atoms with van der Waals surface area (Å²) < 4.78 is 5.17. The summed E-state index contributed by atoms with van der Waals surface area (Å²) in [6, 6.07) is 1.81. The topological polar surface area (TPSA) is 90.1 Å². The minimum absolute atomic E-state index is 0.137. The van der Waals surface area contributed by atoms with E-state index in [4.69, 9.17) is 22.1 Å². The number of carbonyl (C=O) groups is 1. The number of nitrogens with one attached hydrogen (secondary N) is 1. The molecule has 0 radical (unpaired) electrons. The van der Waals surface area contributed by atoms with E-state index in [1.165, 1.54) is 0 Å². The third-order valence-electron chi connectivity index (χ3n) is 2.44. The first-order valence-electron chi connectivity index (χ1n) is 6.39. The van der Waals surface area contributed by atoms with Gasteiger partial charge in [-0.25, -0.2) is 14.8 Å². The van der Waals surface area contributed by atoms with Gasteiger partial charge in [0, 0.05) is 24.7 Å². The fourth-order valence-electron chi connectivity index (χ4n) is 1.59. The van der Waals surface area contributed by atoms with Crippen molar-refractivity contribution in [1.82, 2.24) is 15.3 Å². The van der Waals surface area contributed by atoms with Gasteiger partial charge in [0.2, 0.25) is 5.28 Å². The Morgan fingerprint density at radius 1 is 1.50 bits per heavy atom. The number of carbonyl (C=O) groups excluding carboxylic acids is 1. The standard InChI is InChI=1S/C13H21ClN4O2/c1-8-5-10(18-11(14)17-8)9(6-15)7-16-12(19)20-13(2,3)4/h5,9H,6-7,15H2,1-4H3,(H,16,19). The van der Waals surface area contributed by atoms with E-state index in [1.54, 1.807) is 26.8 Å². The second kappa shape index (κ2) is 6.85. The molecule has 7 heteroatoms. The van der Waals surface area contributed by atoms with Crippen molar-refractivity contribution in [3.8, 4) is 0 Å². The van der Waals surface area contributed by atoms with Crippen LogP contribution in [0.5, 0.6) is 0 Å². The Labute approximate surface area is 124 Å². The summed E-state index contributed by atoms with van der Waals surface area (Å²) in [7, 11) is 0. The van der Waals surface area contributed by atoms with Gasteiger partial charge in [-0.3, -0.25) is 0 Å². The molecule has 1 aromatic heterocycles. The molecule has 20 heavy (non-hydrogen) atoms. The molecule has 0 bridgehead atoms. The van der Waals surface area contributed by atoms with E-state index in [0.717, 1.165) is 5.69 Å². The van der Waals surface area contributed by atoms with Crippen LogP contribution in [0.1, 0.15) is 38.1 Å². The molecular weight excluding hydrogens is 280 g/mol. The molecule has 1 amide bonds. The predicted molar refractivity (Wildman–Crippen MR) is 77.8 cm³/mol. The van der Waals surface area contributed by atoms with Gasteiger partial charge < -0.3 is 15.8 Å². The first-order valence-corrected chi connectivity index (χ1v) is 6.77. The van der Waals surface area contributed by atoms with Crippen molar-refractivity contribution in [3.63, 3.8) is 0 Å². The van der Waals surface area contributed by atoms with E-state index in [1.807, 2.05) is 6.92 Å². The molecule has 0 saturated carbocycles. The Kier molecular flexibility index (Phi) is 5.71. The van der Waals surface area contributed by atoms with E-state index in [-0.39, 0.29) is 11.2 Å². The van der Waals surface area contributed by atoms with Crippen molar-refractivity contribution >= 4 is 17.7 Å². The molecule has 0 aliphatic heterocycles. The maximum atomic E-state index is 11.6. The summed E-state index contributed by atoms with van der Waals surface area (Å²) in [6.07, 6.45) is -0.479. The van der Waals surface area contributed by atoms with Crippen LogP contribution in [0.4, 0.5) is 4.79 Å². The highest BCUT2D eigenvalue weighted by Crippen LogP contribution is 2.15. The third-order valence-corrected chi connectivity index (χ3v) is 2.61. The van der Waals surface area contributed by atoms with Gasteiger partial charge in [-0.15, -0.1) is 0 Å². The number of rotatable bonds is 4. The Balaban J connectivity index is 2.66. The second-order valence-corrected chi connectivity index (χ2v) is 5.86. The molecule has 1 heterocycles. The van der Waals surface area contributed by atoms with E-state index < -0.39 is 11.7 Å². The lowest BCUT2D eigenvalue weighted by atomic mass is 10.1. The summed E-state index contributed by atoms with van der Waals surface area (Å²) in [4.78, 5) is 19.7. The van der Waals surface area contributed by atoms with Crippen LogP contribution in [0.3, 0.4) is 0 Å². The summed E-state index contributed by atoms with van der Waals surface area (Å²) in [5, 5.41) is 2.86. The fraction of sp³-hybridized carbons (Fsp3) is 0.615. The maximum Gasteiger partial charge on any atom is 0.407 e. The molecule has 6 nitrogen and oxygen atoms in total. The van der Waals surface area contributed by atoms with E-state index >= 15 is 0 Å². The van der Waals surface area contributed by atoms with Crippen molar-refractivity contribution in [2.75, 3.05) is 13.1 Å². The Hall–Kier alpha value is -1.40. The van der Waals surface area contributed by atoms with Crippen molar-refractivity contribution in [2.24, 2.45) is 5.73 Å². The zero-order valence-electron chi connectivity index (χ0n) is 12.2. The van der Waals surface area contributed by atoms with Crippen LogP contribution in [-0.4, -0.2) is 34.8 Å². The number of nitrogens with zero attached hydrogens (tertiary/aromatic N) is 2. The number of hydrogen-bond acceptors (Lipinski definition) is 5. The number of nitrogens with two attached hydrogens (primary N) is 1. The molecule has 1 unspecified atom stereocenters. The van der Waals surface area contributed by atoms with E-state index in [0.29, 0.717) is 18.8 Å². The number of alkyl carbamates (subject to hydrolysis) is 1. The SMILES string of the molecule is Cc1cc(C(CN)CNC(=O)OC(C)(C)C)nc(Cl)n1. The predicted octanol–water partition coefficient (Wildman–Crippen LogP) is 2.01. The minimum Gasteiger partial charge on any atom is -0.444 e. The molecule has 0 saturated heterocycles. The van der Waals surface area contributed by atoms with Gasteiger partial charge >= 0.3 is 6.09 Å². The van der Waals surface area contributed by atoms with Gasteiger partial charge in [0.15, 0.2) is 0 Å². The highest BCUT2D eigenvalue weighted by Gasteiger charge is 2.18. The second-order valence-electron chi connectivity index (χ2n) is 5.52. The first kappa shape index (κ1) is 16.7. The molecule has 1 rings (SSSR count). The lowest BCUT2D eigenvalue weighted by molar-refractivity contribution is 0.0524. The number of ether oxygens (including phenoxy) is 1. The lowest BCUT2D eigenvalue weighted by Gasteiger charge is -2.21. The molecule has 0 spiro atoms. The van der Waals surface area contributed by atoms with Crippen LogP contribution in [0, 0.1) is 6.92 Å². The van der Waals surface area contributed by atoms with Crippen molar-refractivity contribution < 1.29 is 9.53 Å². The summed E-state index contributed by atoms with van der Waals surface area (Å²) in [5.41, 5.74) is 6.66. The van der Waals surface area contributed by atoms with Crippen LogP contribution in [-0.2, 0) is 4.74 Å². The molecular formula is C13H21ClN4O2. The van der Waals surface area contributed by atoms with E-state index in [2.05, 4.69) is 15.3 Å². The van der Waals surface area contributed by atoms with Crippen LogP contribution < -0.4 is 11.1 Å². The zero-order valence-corrected chi connectivity index (χ0v) is 13.0. The van der Waals surface area contributed by atoms with Gasteiger partial charge in [-0.2, -0.15) is 0 Å². The highest BCUT2D eigenvalue weighted by atomic mass is 35.5. The number of halogens is 1. The molecule has 1 atom stereocenters. The number of hydrogen-bond donors (Lipinski definition) is 2. The van der Waals surface area contributed by atoms with Crippen molar-refractivity contribution in [2.45, 2.75) is 39.2 Å². The quantitative estimate of drug-likeness (QED) is 0.830. The number of aromatic nitrogens is 2. The fourth-order valence-corrected chi connectivity index (χ4v) is 1.83. The Morgan fingerprint density at radius 2 is 2.15 bits per heavy atom. The molecule has 0 aromatic carbocycles. The number of aryl methyl sites for hydroxylation is 1. The van der Waals surface area contributed by atoms with Gasteiger partial charge in [-0.1, -0.05) is 0 Å². The lowest BCUT2D eigenvalue weighted by Crippen LogP contribution is -2.36. The monoisotopic (exact) mass is 300 g/mol. The summed E-state index contributed by atoms with van der Waals surface area (Å²) in [5.74, 6) is -0.137. The minimum atomic E-state index is -0.531. The average Bonchev–Trinajstić information content (AvgIpc) is 2.25. The largest absolute Gasteiger partial charge is 0.444 e. The van der Waals surface area contributed by atoms with Gasteiger partial charge in [0.1, 0.15) is 5.60 Å². The van der Waals surface area contributed by atoms with Crippen LogP contribution in [0.25, 0.3) is 0 Å². The number of amides is 1. The van der Waals surface area contributed by atoms with Crippen LogP contribution >= 0.6 is 11.6 Å². The van der Waals surface area contributed by atoms with Crippen molar-refractivity contribution in [1.29, 1.82) is 0 Å². The van der Waals surface area contributed by atoms with Gasteiger partial charge in [-0.05, 0) is 45.4 Å². The summed E-state index contributed by atoms with van der Waals surface area (Å²) in [6.45, 7) is 7.91. The smallest absolute Gasteiger partial charge is 0.407 e. The Bertz CT molecular complexity index is 454. The normalized spacial score (nSPS) is 12.9.